The van der Waals surface area contributed by atoms with Gasteiger partial charge in [-0.05, 0) is 35.9 Å². The van der Waals surface area contributed by atoms with Gasteiger partial charge in [0.1, 0.15) is 17.3 Å². The zero-order valence-corrected chi connectivity index (χ0v) is 13.1. The van der Waals surface area contributed by atoms with Gasteiger partial charge < -0.3 is 10.5 Å². The van der Waals surface area contributed by atoms with Gasteiger partial charge >= 0.3 is 0 Å². The molecule has 0 radical (unpaired) electrons. The van der Waals surface area contributed by atoms with Gasteiger partial charge in [-0.2, -0.15) is 0 Å². The molecule has 0 bridgehead atoms. The van der Waals surface area contributed by atoms with Crippen molar-refractivity contribution in [1.82, 2.24) is 0 Å². The van der Waals surface area contributed by atoms with Gasteiger partial charge in [0.25, 0.3) is 0 Å². The summed E-state index contributed by atoms with van der Waals surface area (Å²) in [6, 6.07) is 13.1. The van der Waals surface area contributed by atoms with E-state index in [0.717, 1.165) is 10.0 Å². The van der Waals surface area contributed by atoms with Crippen LogP contribution in [-0.4, -0.2) is 4.99 Å². The molecule has 2 aromatic carbocycles. The van der Waals surface area contributed by atoms with Crippen LogP contribution < -0.4 is 10.5 Å². The summed E-state index contributed by atoms with van der Waals surface area (Å²) in [5, 5.41) is 0.581. The smallest absolute Gasteiger partial charge is 0.130 e. The second kappa shape index (κ2) is 6.37. The second-order valence-electron chi connectivity index (χ2n) is 3.92. The molecular weight excluding hydrogens is 346 g/mol. The first-order chi connectivity index (χ1) is 9.06. The maximum absolute atomic E-state index is 5.92. The van der Waals surface area contributed by atoms with Crippen LogP contribution in [0.1, 0.15) is 11.1 Å². The average molecular weight is 357 g/mol. The van der Waals surface area contributed by atoms with Crippen LogP contribution in [0.15, 0.2) is 46.9 Å². The molecule has 0 heterocycles. The van der Waals surface area contributed by atoms with Crippen LogP contribution in [0.2, 0.25) is 5.02 Å². The summed E-state index contributed by atoms with van der Waals surface area (Å²) in [4.78, 5) is 0.270. The van der Waals surface area contributed by atoms with Crippen molar-refractivity contribution >= 4 is 44.7 Å². The standard InChI is InChI=1S/C14H11BrClNOS/c15-10-3-1-2-9(6-10)8-18-13-5-4-11(16)7-12(13)14(17)19/h1-7H,8H2,(H2,17,19). The Morgan fingerprint density at radius 2 is 2.05 bits per heavy atom. The molecule has 0 unspecified atom stereocenters. The monoisotopic (exact) mass is 355 g/mol. The number of rotatable bonds is 4. The molecule has 2 N–H and O–H groups in total. The van der Waals surface area contributed by atoms with Gasteiger partial charge in [0.05, 0.1) is 5.56 Å². The molecule has 0 spiro atoms. The quantitative estimate of drug-likeness (QED) is 0.829. The van der Waals surface area contributed by atoms with Crippen LogP contribution in [-0.2, 0) is 6.61 Å². The number of thiocarbonyl (C=S) groups is 1. The molecular formula is C14H11BrClNOS. The Morgan fingerprint density at radius 3 is 2.74 bits per heavy atom. The molecule has 2 rings (SSSR count). The number of ether oxygens (including phenoxy) is 1. The van der Waals surface area contributed by atoms with Gasteiger partial charge in [-0.15, -0.1) is 0 Å². The van der Waals surface area contributed by atoms with Crippen LogP contribution in [0.4, 0.5) is 0 Å². The van der Waals surface area contributed by atoms with E-state index in [9.17, 15) is 0 Å². The first-order valence-electron chi connectivity index (χ1n) is 5.53. The van der Waals surface area contributed by atoms with Gasteiger partial charge in [-0.25, -0.2) is 0 Å². The third-order valence-corrected chi connectivity index (χ3v) is 3.44. The number of nitrogens with two attached hydrogens (primary N) is 1. The van der Waals surface area contributed by atoms with Crippen LogP contribution in [0.5, 0.6) is 5.75 Å². The van der Waals surface area contributed by atoms with E-state index in [2.05, 4.69) is 15.9 Å². The van der Waals surface area contributed by atoms with Crippen molar-refractivity contribution in [2.75, 3.05) is 0 Å². The van der Waals surface area contributed by atoms with Crippen LogP contribution in [0, 0.1) is 0 Å². The van der Waals surface area contributed by atoms with E-state index < -0.39 is 0 Å². The predicted octanol–water partition coefficient (Wildman–Crippen LogP) is 4.32. The van der Waals surface area contributed by atoms with Gasteiger partial charge in [0.2, 0.25) is 0 Å². The predicted molar refractivity (Wildman–Crippen MR) is 85.8 cm³/mol. The largest absolute Gasteiger partial charge is 0.488 e. The van der Waals surface area contributed by atoms with Gasteiger partial charge in [-0.3, -0.25) is 0 Å². The maximum atomic E-state index is 5.92. The molecule has 0 aliphatic rings. The van der Waals surface area contributed by atoms with E-state index in [4.69, 9.17) is 34.3 Å². The lowest BCUT2D eigenvalue weighted by molar-refractivity contribution is 0.305. The van der Waals surface area contributed by atoms with Crippen molar-refractivity contribution in [2.45, 2.75) is 6.61 Å². The molecule has 0 atom stereocenters. The summed E-state index contributed by atoms with van der Waals surface area (Å²) in [7, 11) is 0. The molecule has 0 amide bonds. The SMILES string of the molecule is NC(=S)c1cc(Cl)ccc1OCc1cccc(Br)c1. The fourth-order valence-corrected chi connectivity index (χ4v) is 2.39. The molecule has 0 saturated carbocycles. The van der Waals surface area contributed by atoms with E-state index in [1.807, 2.05) is 24.3 Å². The lowest BCUT2D eigenvalue weighted by atomic mass is 10.2. The van der Waals surface area contributed by atoms with Crippen LogP contribution in [0.25, 0.3) is 0 Å². The topological polar surface area (TPSA) is 35.2 Å². The molecule has 0 aromatic heterocycles. The molecule has 5 heteroatoms. The van der Waals surface area contributed by atoms with Crippen molar-refractivity contribution in [3.8, 4) is 5.75 Å². The van der Waals surface area contributed by atoms with E-state index in [1.54, 1.807) is 18.2 Å². The Hall–Kier alpha value is -1.10. The van der Waals surface area contributed by atoms with E-state index >= 15 is 0 Å². The Labute approximate surface area is 130 Å². The minimum absolute atomic E-state index is 0.270. The summed E-state index contributed by atoms with van der Waals surface area (Å²) in [6.07, 6.45) is 0. The summed E-state index contributed by atoms with van der Waals surface area (Å²) < 4.78 is 6.76. The van der Waals surface area contributed by atoms with Gasteiger partial charge in [0, 0.05) is 9.50 Å². The van der Waals surface area contributed by atoms with E-state index in [-0.39, 0.29) is 4.99 Å². The molecule has 0 fully saturated rings. The second-order valence-corrected chi connectivity index (χ2v) is 5.72. The first kappa shape index (κ1) is 14.3. The third-order valence-electron chi connectivity index (χ3n) is 2.49. The highest BCUT2D eigenvalue weighted by atomic mass is 79.9. The highest BCUT2D eigenvalue weighted by molar-refractivity contribution is 9.10. The Kier molecular flexibility index (Phi) is 4.80. The van der Waals surface area contributed by atoms with E-state index in [1.165, 1.54) is 0 Å². The number of hydrogen-bond donors (Lipinski definition) is 1. The minimum atomic E-state index is 0.270. The fraction of sp³-hybridized carbons (Fsp3) is 0.0714. The van der Waals surface area contributed by atoms with Crippen LogP contribution >= 0.6 is 39.7 Å². The molecule has 0 aliphatic heterocycles. The van der Waals surface area contributed by atoms with E-state index in [0.29, 0.717) is 22.9 Å². The summed E-state index contributed by atoms with van der Waals surface area (Å²) in [5.74, 6) is 0.636. The first-order valence-corrected chi connectivity index (χ1v) is 7.11. The third kappa shape index (κ3) is 3.93. The molecule has 98 valence electrons. The van der Waals surface area contributed by atoms with Crippen LogP contribution in [0.3, 0.4) is 0 Å². The minimum Gasteiger partial charge on any atom is -0.488 e. The Balaban J connectivity index is 2.17. The van der Waals surface area contributed by atoms with Crippen molar-refractivity contribution in [3.63, 3.8) is 0 Å². The molecule has 2 nitrogen and oxygen atoms in total. The Bertz CT molecular complexity index is 618. The normalized spacial score (nSPS) is 10.2. The zero-order chi connectivity index (χ0) is 13.8. The highest BCUT2D eigenvalue weighted by Gasteiger charge is 2.07. The summed E-state index contributed by atoms with van der Waals surface area (Å²) in [6.45, 7) is 0.441. The zero-order valence-electron chi connectivity index (χ0n) is 9.90. The van der Waals surface area contributed by atoms with Crippen molar-refractivity contribution < 1.29 is 4.74 Å². The lowest BCUT2D eigenvalue weighted by Crippen LogP contribution is -2.11. The number of hydrogen-bond acceptors (Lipinski definition) is 2. The number of benzene rings is 2. The molecule has 2 aromatic rings. The van der Waals surface area contributed by atoms with Gasteiger partial charge in [-0.1, -0.05) is 51.9 Å². The number of halogens is 2. The summed E-state index contributed by atoms with van der Waals surface area (Å²) in [5.41, 5.74) is 7.37. The van der Waals surface area contributed by atoms with Crippen molar-refractivity contribution in [1.29, 1.82) is 0 Å². The molecule has 0 saturated heterocycles. The summed E-state index contributed by atoms with van der Waals surface area (Å²) >= 11 is 14.3. The fourth-order valence-electron chi connectivity index (χ4n) is 1.61. The Morgan fingerprint density at radius 1 is 1.26 bits per heavy atom. The maximum Gasteiger partial charge on any atom is 0.130 e. The van der Waals surface area contributed by atoms with Gasteiger partial charge in [0.15, 0.2) is 0 Å². The lowest BCUT2D eigenvalue weighted by Gasteiger charge is -2.11. The molecule has 0 aliphatic carbocycles. The average Bonchev–Trinajstić information content (AvgIpc) is 2.37. The molecule has 19 heavy (non-hydrogen) atoms. The van der Waals surface area contributed by atoms with Crippen molar-refractivity contribution in [2.24, 2.45) is 5.73 Å². The van der Waals surface area contributed by atoms with Crippen molar-refractivity contribution in [3.05, 3.63) is 63.1 Å². The highest BCUT2D eigenvalue weighted by Crippen LogP contribution is 2.24.